The first-order chi connectivity index (χ1) is 15.7. The molecule has 0 fully saturated rings. The van der Waals surface area contributed by atoms with Gasteiger partial charge in [-0.3, -0.25) is 0 Å². The maximum Gasteiger partial charge on any atom is 0.500 e. The van der Waals surface area contributed by atoms with Gasteiger partial charge in [0.1, 0.15) is 13.2 Å². The average molecular weight is 543 g/mol. The topological polar surface area (TPSA) is 123 Å². The highest BCUT2D eigenvalue weighted by atomic mass is 32.2. The number of quaternary nitrogens is 1. The van der Waals surface area contributed by atoms with Crippen molar-refractivity contribution in [2.24, 2.45) is 0 Å². The molecule has 1 N–H and O–H groups in total. The molecule has 0 aliphatic heterocycles. The number of alkyl halides is 3. The second-order valence-corrected chi connectivity index (χ2v) is 11.2. The summed E-state index contributed by atoms with van der Waals surface area (Å²) in [5.41, 5.74) is -5.65. The van der Waals surface area contributed by atoms with Gasteiger partial charge in [0.25, 0.3) is 0 Å². The predicted octanol–water partition coefficient (Wildman–Crippen LogP) is 3.08. The predicted molar refractivity (Wildman–Crippen MR) is 122 cm³/mol. The van der Waals surface area contributed by atoms with E-state index in [9.17, 15) is 18.0 Å². The smallest absolute Gasteiger partial charge is 0.500 e. The lowest BCUT2D eigenvalue weighted by atomic mass is 10.3. The Morgan fingerprint density at radius 3 is 1.68 bits per heavy atom. The average Bonchev–Trinajstić information content (AvgIpc) is 2.74. The van der Waals surface area contributed by atoms with E-state index in [0.717, 1.165) is 37.1 Å². The first kappa shape index (κ1) is 35.2. The number of hydrogen-bond donors (Lipinski definition) is 1. The number of ether oxygens (including phenoxy) is 1. The number of halogens is 3. The number of nitrogens with one attached hydrogen (secondary N) is 1. The van der Waals surface area contributed by atoms with Gasteiger partial charge in [-0.15, -0.1) is 0 Å². The van der Waals surface area contributed by atoms with Crippen molar-refractivity contribution < 1.29 is 53.4 Å². The van der Waals surface area contributed by atoms with Crippen LogP contribution < -0.4 is 5.32 Å². The molecule has 0 spiro atoms. The van der Waals surface area contributed by atoms with E-state index in [4.69, 9.17) is 31.0 Å². The van der Waals surface area contributed by atoms with Crippen molar-refractivity contribution in [1.29, 1.82) is 0 Å². The van der Waals surface area contributed by atoms with Gasteiger partial charge in [-0.05, 0) is 48.0 Å². The molecule has 0 bridgehead atoms. The number of carbonyl (C=O) groups is 1. The number of carbonyl (C=O) groups excluding carboxylic acids is 1. The van der Waals surface area contributed by atoms with Crippen LogP contribution in [-0.2, 0) is 28.1 Å². The van der Waals surface area contributed by atoms with E-state index in [1.54, 1.807) is 0 Å². The van der Waals surface area contributed by atoms with Gasteiger partial charge in [0.15, 0.2) is 10.1 Å². The summed E-state index contributed by atoms with van der Waals surface area (Å²) in [6.45, 7) is 19.0. The molecule has 206 valence electrons. The summed E-state index contributed by atoms with van der Waals surface area (Å²) in [5.74, 6) is 0. The van der Waals surface area contributed by atoms with Crippen LogP contribution in [0.2, 0.25) is 6.04 Å². The summed E-state index contributed by atoms with van der Waals surface area (Å²) >= 11 is 0. The molecular weight excluding hydrogens is 501 g/mol. The Hall–Kier alpha value is -0.973. The van der Waals surface area contributed by atoms with Crippen molar-refractivity contribution in [3.8, 4) is 0 Å². The Kier molecular flexibility index (Phi) is 18.1. The van der Waals surface area contributed by atoms with Gasteiger partial charge < -0.3 is 32.4 Å². The van der Waals surface area contributed by atoms with Gasteiger partial charge in [0.05, 0.1) is 19.6 Å². The van der Waals surface area contributed by atoms with Gasteiger partial charge in [-0.2, -0.15) is 13.2 Å². The summed E-state index contributed by atoms with van der Waals surface area (Å²) in [6.07, 6.45) is 0.378. The summed E-state index contributed by atoms with van der Waals surface area (Å²) in [6, 6.07) is 0.685. The highest BCUT2D eigenvalue weighted by Crippen LogP contribution is 2.20. The molecule has 34 heavy (non-hydrogen) atoms. The molecule has 10 nitrogen and oxygen atoms in total. The number of rotatable bonds is 16. The van der Waals surface area contributed by atoms with Crippen molar-refractivity contribution in [2.75, 3.05) is 59.2 Å². The molecule has 15 heteroatoms. The van der Waals surface area contributed by atoms with E-state index in [1.165, 1.54) is 0 Å². The fourth-order valence-electron chi connectivity index (χ4n) is 3.02. The maximum atomic E-state index is 11.9. The maximum absolute atomic E-state index is 11.9. The number of amides is 1. The SMILES string of the molecule is CCO[Si](CCCNC(=O)OCC[N+](CC)(CC)CC)(OCC)OCC.O=S(=O)([O-])C(F)(F)F. The molecule has 0 aromatic heterocycles. The lowest BCUT2D eigenvalue weighted by Crippen LogP contribution is -2.50. The van der Waals surface area contributed by atoms with Crippen LogP contribution in [0.4, 0.5) is 18.0 Å². The lowest BCUT2D eigenvalue weighted by molar-refractivity contribution is -0.923. The first-order valence-corrected chi connectivity index (χ1v) is 14.8. The summed E-state index contributed by atoms with van der Waals surface area (Å²) in [5, 5.41) is 2.81. The normalized spacial score (nSPS) is 12.6. The van der Waals surface area contributed by atoms with Crippen molar-refractivity contribution in [3.05, 3.63) is 0 Å². The lowest BCUT2D eigenvalue weighted by Gasteiger charge is -2.35. The Balaban J connectivity index is 0. The molecule has 0 atom stereocenters. The van der Waals surface area contributed by atoms with Crippen LogP contribution in [0.1, 0.15) is 48.0 Å². The van der Waals surface area contributed by atoms with E-state index in [0.29, 0.717) is 39.0 Å². The third-order valence-corrected chi connectivity index (χ3v) is 8.83. The van der Waals surface area contributed by atoms with E-state index in [-0.39, 0.29) is 6.09 Å². The van der Waals surface area contributed by atoms with Crippen LogP contribution in [0, 0.1) is 0 Å². The largest absolute Gasteiger partial charge is 0.741 e. The van der Waals surface area contributed by atoms with E-state index >= 15 is 0 Å². The molecule has 0 aliphatic rings. The van der Waals surface area contributed by atoms with Crippen LogP contribution >= 0.6 is 0 Å². The standard InChI is InChI=1S/C18H40N2O5Si.CHF3O3S/c1-7-20(8-2,9-3)15-16-22-18(21)19-14-13-17-26(23-10-4,24-11-5)25-12-6;2-1(3,4)8(5,6)7/h7-17H2,1-6H3;(H,5,6,7). The third-order valence-electron chi connectivity index (χ3n) is 5.12. The molecule has 0 saturated carbocycles. The zero-order chi connectivity index (χ0) is 26.9. The van der Waals surface area contributed by atoms with E-state index < -0.39 is 24.4 Å². The van der Waals surface area contributed by atoms with E-state index in [2.05, 4.69) is 26.1 Å². The quantitative estimate of drug-likeness (QED) is 0.104. The Morgan fingerprint density at radius 1 is 0.941 bits per heavy atom. The molecular formula is C19H41F3N2O8SSi. The van der Waals surface area contributed by atoms with Gasteiger partial charge in [0.2, 0.25) is 0 Å². The zero-order valence-corrected chi connectivity index (χ0v) is 22.9. The van der Waals surface area contributed by atoms with Crippen molar-refractivity contribution >= 4 is 25.0 Å². The molecule has 0 saturated heterocycles. The molecule has 1 amide bonds. The number of hydrogen-bond acceptors (Lipinski definition) is 8. The van der Waals surface area contributed by atoms with E-state index in [1.807, 2.05) is 20.8 Å². The minimum Gasteiger partial charge on any atom is -0.741 e. The van der Waals surface area contributed by atoms with Crippen molar-refractivity contribution in [3.63, 3.8) is 0 Å². The molecule has 0 aromatic rings. The Bertz CT molecular complexity index is 625. The molecule has 0 aromatic carbocycles. The second-order valence-electron chi connectivity index (χ2n) is 7.06. The van der Waals surface area contributed by atoms with Crippen LogP contribution in [-0.4, -0.2) is 97.0 Å². The summed E-state index contributed by atoms with van der Waals surface area (Å²) in [7, 11) is -8.72. The highest BCUT2D eigenvalue weighted by molar-refractivity contribution is 7.86. The second kappa shape index (κ2) is 17.5. The molecule has 0 unspecified atom stereocenters. The summed E-state index contributed by atoms with van der Waals surface area (Å²) < 4.78 is 82.6. The first-order valence-electron chi connectivity index (χ1n) is 11.4. The Morgan fingerprint density at radius 2 is 1.35 bits per heavy atom. The van der Waals surface area contributed by atoms with Crippen LogP contribution in [0.3, 0.4) is 0 Å². The molecule has 0 radical (unpaired) electrons. The molecule has 0 heterocycles. The van der Waals surface area contributed by atoms with Gasteiger partial charge in [0, 0.05) is 32.4 Å². The number of alkyl carbamates (subject to hydrolysis) is 1. The molecule has 0 rings (SSSR count). The number of nitrogens with zero attached hydrogens (tertiary/aromatic N) is 1. The van der Waals surface area contributed by atoms with Crippen molar-refractivity contribution in [2.45, 2.75) is 59.5 Å². The Labute approximate surface area is 202 Å². The van der Waals surface area contributed by atoms with Gasteiger partial charge >= 0.3 is 20.4 Å². The fourth-order valence-corrected chi connectivity index (χ4v) is 5.64. The minimum atomic E-state index is -6.09. The summed E-state index contributed by atoms with van der Waals surface area (Å²) in [4.78, 5) is 11.9. The third kappa shape index (κ3) is 14.4. The molecule has 0 aliphatic carbocycles. The van der Waals surface area contributed by atoms with Crippen LogP contribution in [0.25, 0.3) is 0 Å². The minimum absolute atomic E-state index is 0.358. The number of likely N-dealkylation sites (N-methyl/N-ethyl adjacent to an activating group) is 1. The highest BCUT2D eigenvalue weighted by Gasteiger charge is 2.39. The van der Waals surface area contributed by atoms with Gasteiger partial charge in [-0.25, -0.2) is 13.2 Å². The fraction of sp³-hybridized carbons (Fsp3) is 0.947. The van der Waals surface area contributed by atoms with Crippen molar-refractivity contribution in [1.82, 2.24) is 5.32 Å². The van der Waals surface area contributed by atoms with Crippen LogP contribution in [0.5, 0.6) is 0 Å². The van der Waals surface area contributed by atoms with Crippen LogP contribution in [0.15, 0.2) is 0 Å². The zero-order valence-electron chi connectivity index (χ0n) is 21.0. The monoisotopic (exact) mass is 542 g/mol. The van der Waals surface area contributed by atoms with Gasteiger partial charge in [-0.1, -0.05) is 0 Å².